The summed E-state index contributed by atoms with van der Waals surface area (Å²) < 4.78 is 27.6. The van der Waals surface area contributed by atoms with Gasteiger partial charge in [-0.25, -0.2) is 8.78 Å². The number of benzene rings is 1. The number of ketones is 1. The summed E-state index contributed by atoms with van der Waals surface area (Å²) in [5.74, 6) is -2.35. The fourth-order valence-corrected chi connectivity index (χ4v) is 2.16. The molecule has 0 radical (unpaired) electrons. The van der Waals surface area contributed by atoms with E-state index in [1.807, 2.05) is 6.92 Å². The molecule has 6 heteroatoms. The molecule has 0 amide bonds. The van der Waals surface area contributed by atoms with Crippen LogP contribution in [0.2, 0.25) is 5.02 Å². The second kappa shape index (κ2) is 5.71. The fourth-order valence-electron chi connectivity index (χ4n) is 1.96. The van der Waals surface area contributed by atoms with Crippen LogP contribution in [-0.2, 0) is 13.0 Å². The van der Waals surface area contributed by atoms with Crippen LogP contribution in [0.3, 0.4) is 0 Å². The van der Waals surface area contributed by atoms with Crippen molar-refractivity contribution in [2.75, 3.05) is 0 Å². The van der Waals surface area contributed by atoms with Gasteiger partial charge in [-0.1, -0.05) is 11.6 Å². The third-order valence-electron chi connectivity index (χ3n) is 3.02. The van der Waals surface area contributed by atoms with Gasteiger partial charge in [0.15, 0.2) is 17.4 Å². The molecule has 20 heavy (non-hydrogen) atoms. The van der Waals surface area contributed by atoms with Crippen molar-refractivity contribution < 1.29 is 13.6 Å². The van der Waals surface area contributed by atoms with E-state index in [4.69, 9.17) is 11.6 Å². The van der Waals surface area contributed by atoms with Crippen LogP contribution in [0.15, 0.2) is 18.2 Å². The monoisotopic (exact) mass is 298 g/mol. The van der Waals surface area contributed by atoms with Gasteiger partial charge >= 0.3 is 0 Å². The largest absolute Gasteiger partial charge is 0.294 e. The first-order valence-corrected chi connectivity index (χ1v) is 6.51. The van der Waals surface area contributed by atoms with Crippen LogP contribution < -0.4 is 0 Å². The van der Waals surface area contributed by atoms with Crippen LogP contribution >= 0.6 is 11.6 Å². The molecule has 2 rings (SSSR count). The molecule has 0 atom stereocenters. The minimum atomic E-state index is -1.04. The summed E-state index contributed by atoms with van der Waals surface area (Å²) in [5, 5.41) is 4.64. The molecular weight excluding hydrogens is 286 g/mol. The van der Waals surface area contributed by atoms with Crippen LogP contribution in [0.1, 0.15) is 28.7 Å². The molecule has 0 bridgehead atoms. The van der Waals surface area contributed by atoms with E-state index >= 15 is 0 Å². The maximum atomic E-state index is 13.1. The summed E-state index contributed by atoms with van der Waals surface area (Å²) >= 11 is 6.11. The zero-order valence-electron chi connectivity index (χ0n) is 11.1. The van der Waals surface area contributed by atoms with E-state index in [-0.39, 0.29) is 17.8 Å². The Morgan fingerprint density at radius 3 is 2.65 bits per heavy atom. The van der Waals surface area contributed by atoms with E-state index in [0.29, 0.717) is 23.0 Å². The Bertz CT molecular complexity index is 667. The van der Waals surface area contributed by atoms with E-state index in [9.17, 15) is 13.6 Å². The standard InChI is InChI=1S/C14H13ClF2N2O/c1-3-19-12(14(15)8(2)18-19)7-13(20)9-4-5-10(16)11(17)6-9/h4-6H,3,7H2,1-2H3. The van der Waals surface area contributed by atoms with E-state index in [1.165, 1.54) is 6.07 Å². The van der Waals surface area contributed by atoms with Crippen LogP contribution in [0.25, 0.3) is 0 Å². The van der Waals surface area contributed by atoms with E-state index in [2.05, 4.69) is 5.10 Å². The van der Waals surface area contributed by atoms with Crippen molar-refractivity contribution in [2.45, 2.75) is 26.8 Å². The Hall–Kier alpha value is -1.75. The highest BCUT2D eigenvalue weighted by Crippen LogP contribution is 2.22. The fraction of sp³-hybridized carbons (Fsp3) is 0.286. The molecule has 1 heterocycles. The minimum Gasteiger partial charge on any atom is -0.294 e. The van der Waals surface area contributed by atoms with E-state index in [1.54, 1.807) is 11.6 Å². The highest BCUT2D eigenvalue weighted by Gasteiger charge is 2.18. The number of nitrogens with zero attached hydrogens (tertiary/aromatic N) is 2. The predicted octanol–water partition coefficient (Wildman–Crippen LogP) is 3.57. The van der Waals surface area contributed by atoms with Gasteiger partial charge in [-0.2, -0.15) is 5.10 Å². The van der Waals surface area contributed by atoms with Crippen LogP contribution in [0.5, 0.6) is 0 Å². The molecule has 1 aromatic heterocycles. The lowest BCUT2D eigenvalue weighted by Gasteiger charge is -2.05. The van der Waals surface area contributed by atoms with Crippen molar-refractivity contribution in [3.63, 3.8) is 0 Å². The van der Waals surface area contributed by atoms with E-state index < -0.39 is 11.6 Å². The first-order valence-electron chi connectivity index (χ1n) is 6.14. The molecule has 106 valence electrons. The van der Waals surface area contributed by atoms with Gasteiger partial charge in [0.1, 0.15) is 0 Å². The zero-order chi connectivity index (χ0) is 14.9. The molecule has 0 saturated carbocycles. The lowest BCUT2D eigenvalue weighted by atomic mass is 10.1. The third kappa shape index (κ3) is 2.72. The van der Waals surface area contributed by atoms with Crippen LogP contribution in [0, 0.1) is 18.6 Å². The van der Waals surface area contributed by atoms with E-state index in [0.717, 1.165) is 12.1 Å². The number of aryl methyl sites for hydroxylation is 2. The molecule has 0 spiro atoms. The third-order valence-corrected chi connectivity index (χ3v) is 3.51. The number of carbonyl (C=O) groups excluding carboxylic acids is 1. The Labute approximate surface area is 120 Å². The van der Waals surface area contributed by atoms with Crippen LogP contribution in [0.4, 0.5) is 8.78 Å². The summed E-state index contributed by atoms with van der Waals surface area (Å²) in [6, 6.07) is 3.09. The summed E-state index contributed by atoms with van der Waals surface area (Å²) in [6.07, 6.45) is -0.00140. The molecule has 0 unspecified atom stereocenters. The summed E-state index contributed by atoms with van der Waals surface area (Å²) in [7, 11) is 0. The van der Waals surface area contributed by atoms with Gasteiger partial charge < -0.3 is 0 Å². The van der Waals surface area contributed by atoms with Crippen molar-refractivity contribution in [1.29, 1.82) is 0 Å². The average molecular weight is 299 g/mol. The Morgan fingerprint density at radius 2 is 2.05 bits per heavy atom. The topological polar surface area (TPSA) is 34.9 Å². The Balaban J connectivity index is 2.30. The molecule has 0 aliphatic heterocycles. The molecular formula is C14H13ClF2N2O. The molecule has 2 aromatic rings. The van der Waals surface area contributed by atoms with Crippen molar-refractivity contribution in [3.8, 4) is 0 Å². The summed E-state index contributed by atoms with van der Waals surface area (Å²) in [4.78, 5) is 12.1. The smallest absolute Gasteiger partial charge is 0.168 e. The Kier molecular flexibility index (Phi) is 4.18. The van der Waals surface area contributed by atoms with Crippen molar-refractivity contribution in [3.05, 3.63) is 51.8 Å². The quantitative estimate of drug-likeness (QED) is 0.809. The lowest BCUT2D eigenvalue weighted by Crippen LogP contribution is -2.10. The molecule has 0 N–H and O–H groups in total. The number of hydrogen-bond donors (Lipinski definition) is 0. The van der Waals surface area contributed by atoms with Gasteiger partial charge in [-0.15, -0.1) is 0 Å². The van der Waals surface area contributed by atoms with Crippen molar-refractivity contribution in [1.82, 2.24) is 9.78 Å². The Morgan fingerprint density at radius 1 is 1.35 bits per heavy atom. The second-order valence-electron chi connectivity index (χ2n) is 4.39. The number of aromatic nitrogens is 2. The summed E-state index contributed by atoms with van der Waals surface area (Å²) in [6.45, 7) is 4.21. The highest BCUT2D eigenvalue weighted by molar-refractivity contribution is 6.32. The van der Waals surface area contributed by atoms with Crippen LogP contribution in [-0.4, -0.2) is 15.6 Å². The van der Waals surface area contributed by atoms with Gasteiger partial charge in [0.25, 0.3) is 0 Å². The van der Waals surface area contributed by atoms with Gasteiger partial charge in [0, 0.05) is 12.1 Å². The van der Waals surface area contributed by atoms with Gasteiger partial charge in [0.2, 0.25) is 0 Å². The van der Waals surface area contributed by atoms with Crippen molar-refractivity contribution >= 4 is 17.4 Å². The maximum Gasteiger partial charge on any atom is 0.168 e. The number of hydrogen-bond acceptors (Lipinski definition) is 2. The lowest BCUT2D eigenvalue weighted by molar-refractivity contribution is 0.0990. The van der Waals surface area contributed by atoms with Crippen molar-refractivity contribution in [2.24, 2.45) is 0 Å². The second-order valence-corrected chi connectivity index (χ2v) is 4.77. The highest BCUT2D eigenvalue weighted by atomic mass is 35.5. The van der Waals surface area contributed by atoms with Gasteiger partial charge in [-0.05, 0) is 32.0 Å². The average Bonchev–Trinajstić information content (AvgIpc) is 2.69. The summed E-state index contributed by atoms with van der Waals surface area (Å²) in [5.41, 5.74) is 1.34. The number of halogens is 3. The SMILES string of the molecule is CCn1nc(C)c(Cl)c1CC(=O)c1ccc(F)c(F)c1. The molecule has 1 aromatic carbocycles. The number of carbonyl (C=O) groups is 1. The molecule has 0 fully saturated rings. The molecule has 0 saturated heterocycles. The minimum absolute atomic E-state index is 0.00140. The first kappa shape index (κ1) is 14.7. The van der Waals surface area contributed by atoms with Gasteiger partial charge in [0.05, 0.1) is 22.8 Å². The zero-order valence-corrected chi connectivity index (χ0v) is 11.8. The maximum absolute atomic E-state index is 13.1. The number of Topliss-reactive ketones (excluding diaryl/α,β-unsaturated/α-hetero) is 1. The van der Waals surface area contributed by atoms with Gasteiger partial charge in [-0.3, -0.25) is 9.48 Å². The number of rotatable bonds is 4. The first-order chi connectivity index (χ1) is 9.43. The predicted molar refractivity (Wildman–Crippen MR) is 72.0 cm³/mol. The normalized spacial score (nSPS) is 10.8. The molecule has 0 aliphatic rings. The molecule has 0 aliphatic carbocycles. The molecule has 3 nitrogen and oxygen atoms in total.